The van der Waals surface area contributed by atoms with Gasteiger partial charge in [-0.05, 0) is 17.7 Å². The first-order valence-corrected chi connectivity index (χ1v) is 8.40. The molecule has 1 aliphatic heterocycles. The van der Waals surface area contributed by atoms with Crippen LogP contribution in [0.5, 0.6) is 0 Å². The molecule has 146 valence electrons. The van der Waals surface area contributed by atoms with Crippen LogP contribution in [0.25, 0.3) is 11.2 Å². The van der Waals surface area contributed by atoms with Crippen LogP contribution in [0.15, 0.2) is 36.0 Å². The van der Waals surface area contributed by atoms with Crippen molar-refractivity contribution in [1.29, 1.82) is 0 Å². The van der Waals surface area contributed by atoms with Crippen LogP contribution < -0.4 is 11.2 Å². The van der Waals surface area contributed by atoms with Gasteiger partial charge in [0.15, 0.2) is 17.7 Å². The molecule has 0 aliphatic carbocycles. The van der Waals surface area contributed by atoms with Crippen molar-refractivity contribution < 1.29 is 20.1 Å². The van der Waals surface area contributed by atoms with Gasteiger partial charge in [-0.3, -0.25) is 9.55 Å². The van der Waals surface area contributed by atoms with Crippen LogP contribution in [0.3, 0.4) is 0 Å². The molecule has 1 saturated heterocycles. The zero-order chi connectivity index (χ0) is 19.7. The second kappa shape index (κ2) is 7.44. The average Bonchev–Trinajstić information content (AvgIpc) is 3.24. The Morgan fingerprint density at radius 3 is 2.75 bits per heavy atom. The molecule has 0 bridgehead atoms. The maximum Gasteiger partial charge on any atom is 0.247 e. The van der Waals surface area contributed by atoms with Gasteiger partial charge < -0.3 is 25.8 Å². The van der Waals surface area contributed by atoms with Crippen molar-refractivity contribution in [3.05, 3.63) is 36.4 Å². The van der Waals surface area contributed by atoms with Crippen molar-refractivity contribution in [2.45, 2.75) is 24.5 Å². The van der Waals surface area contributed by atoms with E-state index in [4.69, 9.17) is 10.5 Å². The summed E-state index contributed by atoms with van der Waals surface area (Å²) in [6.07, 6.45) is 1.80. The maximum atomic E-state index is 10.2. The van der Waals surface area contributed by atoms with Gasteiger partial charge in [0.1, 0.15) is 23.8 Å². The third kappa shape index (κ3) is 3.25. The second-order valence-corrected chi connectivity index (χ2v) is 6.14. The van der Waals surface area contributed by atoms with Crippen LogP contribution in [-0.2, 0) is 4.74 Å². The molecule has 4 atom stereocenters. The second-order valence-electron chi connectivity index (χ2n) is 6.14. The lowest BCUT2D eigenvalue weighted by atomic mass is 10.1. The highest BCUT2D eigenvalue weighted by atomic mass is 16.6. The fourth-order valence-corrected chi connectivity index (χ4v) is 2.90. The van der Waals surface area contributed by atoms with Crippen molar-refractivity contribution in [3.63, 3.8) is 0 Å². The Hall–Kier alpha value is -3.19. The molecule has 0 saturated carbocycles. The predicted octanol–water partition coefficient (Wildman–Crippen LogP) is -1.14. The number of hydrogen-bond acceptors (Lipinski definition) is 11. The highest BCUT2D eigenvalue weighted by Gasteiger charge is 2.44. The lowest BCUT2D eigenvalue weighted by Crippen LogP contribution is -2.33. The molecule has 0 radical (unpaired) electrons. The number of aliphatic hydroxyl groups excluding tert-OH is 3. The molecular weight excluding hydrogens is 368 g/mol. The number of imidazole rings is 1. The van der Waals surface area contributed by atoms with Crippen LogP contribution in [0.1, 0.15) is 11.8 Å². The number of nitrogens with one attached hydrogen (secondary N) is 1. The van der Waals surface area contributed by atoms with E-state index in [0.717, 1.165) is 5.56 Å². The van der Waals surface area contributed by atoms with E-state index in [1.165, 1.54) is 10.9 Å². The Morgan fingerprint density at radius 1 is 1.25 bits per heavy atom. The highest BCUT2D eigenvalue weighted by Crippen LogP contribution is 2.32. The molecular formula is C16H18N8O4. The molecule has 6 N–H and O–H groups in total. The average molecular weight is 386 g/mol. The summed E-state index contributed by atoms with van der Waals surface area (Å²) in [6, 6.07) is 3.56. The summed E-state index contributed by atoms with van der Waals surface area (Å²) >= 11 is 0. The molecule has 12 heteroatoms. The van der Waals surface area contributed by atoms with Gasteiger partial charge in [0.2, 0.25) is 5.95 Å². The Labute approximate surface area is 158 Å². The molecule has 1 fully saturated rings. The van der Waals surface area contributed by atoms with Crippen molar-refractivity contribution in [1.82, 2.24) is 24.5 Å². The van der Waals surface area contributed by atoms with E-state index in [-0.39, 0.29) is 17.4 Å². The van der Waals surface area contributed by atoms with Crippen molar-refractivity contribution in [2.24, 2.45) is 5.10 Å². The lowest BCUT2D eigenvalue weighted by molar-refractivity contribution is -0.0511. The quantitative estimate of drug-likeness (QED) is 0.266. The summed E-state index contributed by atoms with van der Waals surface area (Å²) in [4.78, 5) is 16.5. The molecule has 28 heavy (non-hydrogen) atoms. The number of nitrogens with two attached hydrogens (primary N) is 1. The van der Waals surface area contributed by atoms with Crippen molar-refractivity contribution in [3.8, 4) is 0 Å². The zero-order valence-electron chi connectivity index (χ0n) is 14.5. The number of hydrazone groups is 1. The van der Waals surface area contributed by atoms with Crippen LogP contribution in [-0.4, -0.2) is 71.0 Å². The Morgan fingerprint density at radius 2 is 2.04 bits per heavy atom. The fraction of sp³-hybridized carbons (Fsp3) is 0.312. The van der Waals surface area contributed by atoms with Gasteiger partial charge in [0, 0.05) is 12.4 Å². The third-order valence-electron chi connectivity index (χ3n) is 4.32. The number of nitrogen functional groups attached to an aromatic ring is 1. The first-order valence-electron chi connectivity index (χ1n) is 8.40. The molecule has 12 nitrogen and oxygen atoms in total. The molecule has 4 heterocycles. The van der Waals surface area contributed by atoms with E-state index in [0.29, 0.717) is 5.52 Å². The van der Waals surface area contributed by atoms with Crippen molar-refractivity contribution in [2.75, 3.05) is 17.8 Å². The molecule has 0 spiro atoms. The Bertz CT molecular complexity index is 995. The number of hydrogen-bond donors (Lipinski definition) is 5. The first-order chi connectivity index (χ1) is 13.6. The fourth-order valence-electron chi connectivity index (χ4n) is 2.90. The molecule has 4 rings (SSSR count). The van der Waals surface area contributed by atoms with Gasteiger partial charge in [-0.15, -0.1) is 0 Å². The summed E-state index contributed by atoms with van der Waals surface area (Å²) in [6.45, 7) is -0.436. The summed E-state index contributed by atoms with van der Waals surface area (Å²) in [7, 11) is 0. The van der Waals surface area contributed by atoms with Crippen LogP contribution >= 0.6 is 0 Å². The smallest absolute Gasteiger partial charge is 0.247 e. The van der Waals surface area contributed by atoms with E-state index in [9.17, 15) is 15.3 Å². The SMILES string of the molecule is Nc1nc(NN=Cc2ccncc2)nc2c1ncn2[C@@H]1O[C@H](CO)[C@@H](O)[C@H]1O. The van der Waals surface area contributed by atoms with Gasteiger partial charge in [0.05, 0.1) is 19.1 Å². The standard InChI is InChI=1S/C16H18N8O4/c17-13-10-14(22-16(21-13)23-20-5-8-1-3-18-4-2-8)24(7-19-10)15-12(27)11(26)9(6-25)28-15/h1-5,7,9,11-12,15,25-27H,6H2,(H3,17,21,22,23)/t9-,11-,12-,15-/m1/s1. The Kier molecular flexibility index (Phi) is 4.83. The van der Waals surface area contributed by atoms with Crippen LogP contribution in [0.2, 0.25) is 0 Å². The number of pyridine rings is 1. The maximum absolute atomic E-state index is 10.2. The number of anilines is 2. The van der Waals surface area contributed by atoms with E-state index < -0.39 is 31.1 Å². The minimum atomic E-state index is -1.27. The minimum Gasteiger partial charge on any atom is -0.394 e. The first kappa shape index (κ1) is 18.2. The van der Waals surface area contributed by atoms with Gasteiger partial charge in [-0.2, -0.15) is 15.1 Å². The zero-order valence-corrected chi connectivity index (χ0v) is 14.5. The minimum absolute atomic E-state index is 0.108. The van der Waals surface area contributed by atoms with Gasteiger partial charge in [-0.25, -0.2) is 10.4 Å². The number of fused-ring (bicyclic) bond motifs is 1. The van der Waals surface area contributed by atoms with Gasteiger partial charge >= 0.3 is 0 Å². The predicted molar refractivity (Wildman–Crippen MR) is 98.2 cm³/mol. The molecule has 1 aliphatic rings. The normalized spacial score (nSPS) is 25.0. The van der Waals surface area contributed by atoms with Gasteiger partial charge in [-0.1, -0.05) is 0 Å². The van der Waals surface area contributed by atoms with E-state index >= 15 is 0 Å². The third-order valence-corrected chi connectivity index (χ3v) is 4.32. The summed E-state index contributed by atoms with van der Waals surface area (Å²) in [5, 5.41) is 33.5. The Balaban J connectivity index is 1.63. The topological polar surface area (TPSA) is 177 Å². The van der Waals surface area contributed by atoms with Crippen LogP contribution in [0, 0.1) is 0 Å². The van der Waals surface area contributed by atoms with Crippen molar-refractivity contribution >= 4 is 29.1 Å². The summed E-state index contributed by atoms with van der Waals surface area (Å²) in [5.74, 6) is 0.223. The van der Waals surface area contributed by atoms with Crippen LogP contribution in [0.4, 0.5) is 11.8 Å². The largest absolute Gasteiger partial charge is 0.394 e. The number of ether oxygens (including phenoxy) is 1. The summed E-state index contributed by atoms with van der Waals surface area (Å²) in [5.41, 5.74) is 10.0. The molecule has 0 unspecified atom stereocenters. The number of aromatic nitrogens is 5. The monoisotopic (exact) mass is 386 g/mol. The van der Waals surface area contributed by atoms with Gasteiger partial charge in [0.25, 0.3) is 0 Å². The number of aliphatic hydroxyl groups is 3. The van der Waals surface area contributed by atoms with E-state index in [1.807, 2.05) is 0 Å². The van der Waals surface area contributed by atoms with E-state index in [1.54, 1.807) is 30.7 Å². The molecule has 0 amide bonds. The highest BCUT2D eigenvalue weighted by molar-refractivity contribution is 5.83. The van der Waals surface area contributed by atoms with E-state index in [2.05, 4.69) is 30.5 Å². The summed E-state index contributed by atoms with van der Waals surface area (Å²) < 4.78 is 6.95. The molecule has 3 aromatic heterocycles. The molecule has 3 aromatic rings. The molecule has 0 aromatic carbocycles. The number of nitrogens with zero attached hydrogens (tertiary/aromatic N) is 6. The lowest BCUT2D eigenvalue weighted by Gasteiger charge is -2.16. The number of rotatable bonds is 5.